The molecule has 0 aliphatic heterocycles. The second kappa shape index (κ2) is 4.89. The molecule has 0 radical (unpaired) electrons. The highest BCUT2D eigenvalue weighted by Gasteiger charge is 2.41. The summed E-state index contributed by atoms with van der Waals surface area (Å²) >= 11 is 4.40. The van der Waals surface area contributed by atoms with Gasteiger partial charge in [-0.25, -0.2) is 0 Å². The average molecular weight is 214 g/mol. The van der Waals surface area contributed by atoms with Gasteiger partial charge in [0.2, 0.25) is 0 Å². The monoisotopic (exact) mass is 214 g/mol. The molecule has 14 heavy (non-hydrogen) atoms. The van der Waals surface area contributed by atoms with Crippen molar-refractivity contribution in [3.8, 4) is 0 Å². The molecule has 0 heterocycles. The molecule has 0 aromatic rings. The molecule has 0 unspecified atom stereocenters. The topological polar surface area (TPSA) is 9.23 Å². The van der Waals surface area contributed by atoms with E-state index in [1.54, 1.807) is 0 Å². The first-order chi connectivity index (χ1) is 6.85. The zero-order chi connectivity index (χ0) is 9.86. The van der Waals surface area contributed by atoms with Gasteiger partial charge < -0.3 is 4.74 Å². The van der Waals surface area contributed by atoms with Crippen LogP contribution >= 0.6 is 12.6 Å². The fraction of sp³-hybridized carbons (Fsp3) is 1.00. The second-order valence-electron chi connectivity index (χ2n) is 5.08. The van der Waals surface area contributed by atoms with Crippen LogP contribution in [0.2, 0.25) is 0 Å². The van der Waals surface area contributed by atoms with Crippen molar-refractivity contribution < 1.29 is 4.74 Å². The van der Waals surface area contributed by atoms with Crippen molar-refractivity contribution in [3.63, 3.8) is 0 Å². The summed E-state index contributed by atoms with van der Waals surface area (Å²) < 4.78 is 6.03. The molecule has 0 aromatic carbocycles. The molecular formula is C12H22OS. The normalized spacial score (nSPS) is 27.2. The Morgan fingerprint density at radius 2 is 1.71 bits per heavy atom. The van der Waals surface area contributed by atoms with Gasteiger partial charge in [0.05, 0.1) is 12.7 Å². The van der Waals surface area contributed by atoms with E-state index in [1.165, 1.54) is 51.4 Å². The molecule has 0 aromatic heterocycles. The van der Waals surface area contributed by atoms with Crippen LogP contribution in [0.15, 0.2) is 0 Å². The molecule has 0 saturated heterocycles. The number of hydrogen-bond acceptors (Lipinski definition) is 2. The smallest absolute Gasteiger partial charge is 0.0575 e. The van der Waals surface area contributed by atoms with Gasteiger partial charge >= 0.3 is 0 Å². The van der Waals surface area contributed by atoms with Crippen LogP contribution in [0.1, 0.15) is 51.4 Å². The number of rotatable bonds is 4. The molecule has 2 aliphatic rings. The molecule has 1 nitrogen and oxygen atoms in total. The third-order valence-corrected chi connectivity index (χ3v) is 4.39. The van der Waals surface area contributed by atoms with Gasteiger partial charge in [-0.2, -0.15) is 12.6 Å². The lowest BCUT2D eigenvalue weighted by molar-refractivity contribution is 0.0189. The van der Waals surface area contributed by atoms with Gasteiger partial charge in [0.25, 0.3) is 0 Å². The summed E-state index contributed by atoms with van der Waals surface area (Å²) in [6.45, 7) is 0.973. The Morgan fingerprint density at radius 3 is 2.21 bits per heavy atom. The van der Waals surface area contributed by atoms with Crippen LogP contribution in [-0.2, 0) is 4.74 Å². The fourth-order valence-electron chi connectivity index (χ4n) is 2.23. The van der Waals surface area contributed by atoms with E-state index in [2.05, 4.69) is 12.6 Å². The Kier molecular flexibility index (Phi) is 3.78. The van der Waals surface area contributed by atoms with Crippen molar-refractivity contribution in [2.24, 2.45) is 5.41 Å². The summed E-state index contributed by atoms with van der Waals surface area (Å²) in [5.41, 5.74) is 0.482. The maximum atomic E-state index is 6.03. The number of hydrogen-bond donors (Lipinski definition) is 1. The van der Waals surface area contributed by atoms with E-state index >= 15 is 0 Å². The summed E-state index contributed by atoms with van der Waals surface area (Å²) in [5.74, 6) is 1.01. The van der Waals surface area contributed by atoms with Gasteiger partial charge in [-0.15, -0.1) is 0 Å². The number of thiol groups is 1. The summed E-state index contributed by atoms with van der Waals surface area (Å²) in [7, 11) is 0. The van der Waals surface area contributed by atoms with Crippen molar-refractivity contribution in [3.05, 3.63) is 0 Å². The molecule has 2 fully saturated rings. The van der Waals surface area contributed by atoms with E-state index < -0.39 is 0 Å². The standard InChI is InChI=1S/C12H22OS/c14-10-12(7-8-12)9-13-11-5-3-1-2-4-6-11/h11,14H,1-10H2. The van der Waals surface area contributed by atoms with Crippen LogP contribution in [0, 0.1) is 5.41 Å². The molecule has 0 spiro atoms. The van der Waals surface area contributed by atoms with E-state index in [0.29, 0.717) is 11.5 Å². The Morgan fingerprint density at radius 1 is 1.07 bits per heavy atom. The minimum Gasteiger partial charge on any atom is -0.378 e. The third kappa shape index (κ3) is 2.90. The molecule has 0 N–H and O–H groups in total. The molecule has 82 valence electrons. The molecule has 2 rings (SSSR count). The molecule has 0 amide bonds. The third-order valence-electron chi connectivity index (χ3n) is 3.72. The highest BCUT2D eigenvalue weighted by molar-refractivity contribution is 7.80. The van der Waals surface area contributed by atoms with Crippen LogP contribution in [0.5, 0.6) is 0 Å². The minimum atomic E-state index is 0.482. The maximum absolute atomic E-state index is 6.03. The van der Waals surface area contributed by atoms with Crippen LogP contribution in [0.4, 0.5) is 0 Å². The second-order valence-corrected chi connectivity index (χ2v) is 5.40. The average Bonchev–Trinajstić information content (AvgIpc) is 3.01. The van der Waals surface area contributed by atoms with Crippen LogP contribution in [-0.4, -0.2) is 18.5 Å². The molecule has 0 atom stereocenters. The summed E-state index contributed by atoms with van der Waals surface area (Å²) in [4.78, 5) is 0. The molecule has 2 heteroatoms. The molecule has 2 saturated carbocycles. The highest BCUT2D eigenvalue weighted by atomic mass is 32.1. The highest BCUT2D eigenvalue weighted by Crippen LogP contribution is 2.47. The quantitative estimate of drug-likeness (QED) is 0.557. The Bertz CT molecular complexity index is 169. The van der Waals surface area contributed by atoms with Crippen molar-refractivity contribution in [2.45, 2.75) is 57.5 Å². The first-order valence-corrected chi connectivity index (χ1v) is 6.70. The maximum Gasteiger partial charge on any atom is 0.0575 e. The summed E-state index contributed by atoms with van der Waals surface area (Å²) in [6, 6.07) is 0. The lowest BCUT2D eigenvalue weighted by Crippen LogP contribution is -2.19. The van der Waals surface area contributed by atoms with Crippen molar-refractivity contribution in [1.29, 1.82) is 0 Å². The van der Waals surface area contributed by atoms with Gasteiger partial charge in [0.15, 0.2) is 0 Å². The van der Waals surface area contributed by atoms with Crippen LogP contribution in [0.25, 0.3) is 0 Å². The molecular weight excluding hydrogens is 192 g/mol. The van der Waals surface area contributed by atoms with Gasteiger partial charge in [0.1, 0.15) is 0 Å². The van der Waals surface area contributed by atoms with E-state index in [-0.39, 0.29) is 0 Å². The first-order valence-electron chi connectivity index (χ1n) is 6.07. The van der Waals surface area contributed by atoms with Crippen molar-refractivity contribution >= 4 is 12.6 Å². The molecule has 2 aliphatic carbocycles. The van der Waals surface area contributed by atoms with Gasteiger partial charge in [-0.05, 0) is 31.4 Å². The van der Waals surface area contributed by atoms with Gasteiger partial charge in [-0.1, -0.05) is 25.7 Å². The lowest BCUT2D eigenvalue weighted by Gasteiger charge is -2.19. The predicted molar refractivity (Wildman–Crippen MR) is 63.0 cm³/mol. The first kappa shape index (κ1) is 10.8. The van der Waals surface area contributed by atoms with Crippen LogP contribution < -0.4 is 0 Å². The van der Waals surface area contributed by atoms with Gasteiger partial charge in [0, 0.05) is 5.41 Å². The van der Waals surface area contributed by atoms with E-state index in [4.69, 9.17) is 4.74 Å². The number of ether oxygens (including phenoxy) is 1. The van der Waals surface area contributed by atoms with E-state index in [1.807, 2.05) is 0 Å². The van der Waals surface area contributed by atoms with Crippen molar-refractivity contribution in [1.82, 2.24) is 0 Å². The summed E-state index contributed by atoms with van der Waals surface area (Å²) in [5, 5.41) is 0. The molecule has 0 bridgehead atoms. The Balaban J connectivity index is 1.68. The Hall–Kier alpha value is 0.310. The van der Waals surface area contributed by atoms with Gasteiger partial charge in [-0.3, -0.25) is 0 Å². The van der Waals surface area contributed by atoms with E-state index in [9.17, 15) is 0 Å². The predicted octanol–water partition coefficient (Wildman–Crippen LogP) is 3.44. The largest absolute Gasteiger partial charge is 0.378 e. The van der Waals surface area contributed by atoms with Crippen LogP contribution in [0.3, 0.4) is 0 Å². The lowest BCUT2D eigenvalue weighted by atomic mass is 10.1. The van der Waals surface area contributed by atoms with Crippen molar-refractivity contribution in [2.75, 3.05) is 12.4 Å². The SMILES string of the molecule is SCC1(COC2CCCCCC2)CC1. The Labute approximate surface area is 93.0 Å². The zero-order valence-corrected chi connectivity index (χ0v) is 9.90. The zero-order valence-electron chi connectivity index (χ0n) is 9.00. The fourth-order valence-corrected chi connectivity index (χ4v) is 2.64. The summed E-state index contributed by atoms with van der Waals surface area (Å²) in [6.07, 6.45) is 11.4. The minimum absolute atomic E-state index is 0.482. The van der Waals surface area contributed by atoms with E-state index in [0.717, 1.165) is 12.4 Å².